The van der Waals surface area contributed by atoms with Crippen molar-refractivity contribution in [1.29, 1.82) is 0 Å². The van der Waals surface area contributed by atoms with Crippen LogP contribution in [0, 0.1) is 0 Å². The Morgan fingerprint density at radius 2 is 1.52 bits per heavy atom. The average Bonchev–Trinajstić information content (AvgIpc) is 2.60. The predicted molar refractivity (Wildman–Crippen MR) is 97.3 cm³/mol. The van der Waals surface area contributed by atoms with Gasteiger partial charge in [0.1, 0.15) is 5.75 Å². The molecule has 0 spiro atoms. The van der Waals surface area contributed by atoms with Crippen molar-refractivity contribution in [2.75, 3.05) is 25.6 Å². The van der Waals surface area contributed by atoms with Gasteiger partial charge in [0.2, 0.25) is 0 Å². The predicted octanol–water partition coefficient (Wildman–Crippen LogP) is 3.32. The van der Waals surface area contributed by atoms with Crippen LogP contribution in [0.5, 0.6) is 17.2 Å². The van der Waals surface area contributed by atoms with Gasteiger partial charge in [0.15, 0.2) is 11.5 Å². The molecule has 0 saturated heterocycles. The fourth-order valence-electron chi connectivity index (χ4n) is 2.28. The highest BCUT2D eigenvalue weighted by atomic mass is 32.2. The summed E-state index contributed by atoms with van der Waals surface area (Å²) in [7, 11) is 0.825. The molecule has 136 valence electrons. The quantitative estimate of drug-likeness (QED) is 0.753. The molecule has 2 aromatic rings. The summed E-state index contributed by atoms with van der Waals surface area (Å²) in [5.41, 5.74) is 0.472. The monoisotopic (exact) mass is 365 g/mol. The first-order chi connectivity index (χ1) is 11.8. The number of anilines is 1. The van der Waals surface area contributed by atoms with Crippen LogP contribution in [0.2, 0.25) is 0 Å². The van der Waals surface area contributed by atoms with E-state index < -0.39 is 10.0 Å². The van der Waals surface area contributed by atoms with Gasteiger partial charge in [0.25, 0.3) is 10.0 Å². The second-order valence-corrected chi connectivity index (χ2v) is 7.62. The van der Waals surface area contributed by atoms with Crippen LogP contribution in [0.1, 0.15) is 13.8 Å². The smallest absolute Gasteiger partial charge is 0.264 e. The maximum absolute atomic E-state index is 12.8. The lowest BCUT2D eigenvalue weighted by molar-refractivity contribution is 0.242. The summed E-state index contributed by atoms with van der Waals surface area (Å²) in [4.78, 5) is 0.181. The summed E-state index contributed by atoms with van der Waals surface area (Å²) in [6.07, 6.45) is 0.0249. The topological polar surface area (TPSA) is 65.1 Å². The third-order valence-corrected chi connectivity index (χ3v) is 5.38. The maximum atomic E-state index is 12.8. The Bertz CT molecular complexity index is 816. The lowest BCUT2D eigenvalue weighted by Gasteiger charge is -2.21. The number of hydrogen-bond donors (Lipinski definition) is 0. The van der Waals surface area contributed by atoms with Crippen molar-refractivity contribution in [3.8, 4) is 17.2 Å². The SMILES string of the molecule is COc1ccc(N(C)S(=O)(=O)c2ccc(OC(C)C)cc2)cc1OC. The molecular weight excluding hydrogens is 342 g/mol. The van der Waals surface area contributed by atoms with E-state index in [0.29, 0.717) is 22.9 Å². The summed E-state index contributed by atoms with van der Waals surface area (Å²) in [5.74, 6) is 1.62. The Hall–Kier alpha value is -2.41. The highest BCUT2D eigenvalue weighted by Crippen LogP contribution is 2.33. The molecule has 0 atom stereocenters. The Morgan fingerprint density at radius 3 is 2.04 bits per heavy atom. The molecule has 0 aliphatic carbocycles. The molecular formula is C18H23NO5S. The van der Waals surface area contributed by atoms with Crippen LogP contribution in [0.25, 0.3) is 0 Å². The first-order valence-corrected chi connectivity index (χ1v) is 9.21. The molecule has 0 saturated carbocycles. The average molecular weight is 365 g/mol. The fraction of sp³-hybridized carbons (Fsp3) is 0.333. The number of rotatable bonds is 7. The van der Waals surface area contributed by atoms with Crippen LogP contribution < -0.4 is 18.5 Å². The van der Waals surface area contributed by atoms with Gasteiger partial charge < -0.3 is 14.2 Å². The van der Waals surface area contributed by atoms with Gasteiger partial charge in [-0.1, -0.05) is 0 Å². The van der Waals surface area contributed by atoms with Crippen molar-refractivity contribution >= 4 is 15.7 Å². The van der Waals surface area contributed by atoms with E-state index in [4.69, 9.17) is 14.2 Å². The van der Waals surface area contributed by atoms with E-state index in [1.54, 1.807) is 30.3 Å². The number of sulfonamides is 1. The third-order valence-electron chi connectivity index (χ3n) is 3.58. The largest absolute Gasteiger partial charge is 0.493 e. The van der Waals surface area contributed by atoms with Crippen LogP contribution in [-0.4, -0.2) is 35.8 Å². The van der Waals surface area contributed by atoms with Crippen LogP contribution in [0.15, 0.2) is 47.4 Å². The van der Waals surface area contributed by atoms with E-state index in [1.807, 2.05) is 13.8 Å². The maximum Gasteiger partial charge on any atom is 0.264 e. The van der Waals surface area contributed by atoms with Crippen LogP contribution in [0.4, 0.5) is 5.69 Å². The highest BCUT2D eigenvalue weighted by Gasteiger charge is 2.22. The molecule has 0 radical (unpaired) electrons. The highest BCUT2D eigenvalue weighted by molar-refractivity contribution is 7.92. The van der Waals surface area contributed by atoms with Crippen molar-refractivity contribution in [1.82, 2.24) is 0 Å². The van der Waals surface area contributed by atoms with E-state index in [-0.39, 0.29) is 11.0 Å². The molecule has 2 rings (SSSR count). The number of ether oxygens (including phenoxy) is 3. The minimum atomic E-state index is -3.70. The van der Waals surface area contributed by atoms with E-state index >= 15 is 0 Å². The van der Waals surface area contributed by atoms with Crippen molar-refractivity contribution in [3.05, 3.63) is 42.5 Å². The Morgan fingerprint density at radius 1 is 0.920 bits per heavy atom. The summed E-state index contributed by atoms with van der Waals surface area (Å²) in [5, 5.41) is 0. The summed E-state index contributed by atoms with van der Waals surface area (Å²) < 4.78 is 42.8. The van der Waals surface area contributed by atoms with E-state index in [0.717, 1.165) is 0 Å². The summed E-state index contributed by atoms with van der Waals surface area (Å²) >= 11 is 0. The normalized spacial score (nSPS) is 11.3. The molecule has 0 aromatic heterocycles. The van der Waals surface area contributed by atoms with E-state index in [9.17, 15) is 8.42 Å². The lowest BCUT2D eigenvalue weighted by Crippen LogP contribution is -2.26. The second-order valence-electron chi connectivity index (χ2n) is 5.65. The molecule has 0 aliphatic heterocycles. The molecule has 7 heteroatoms. The Kier molecular flexibility index (Phi) is 5.79. The molecule has 0 aliphatic rings. The van der Waals surface area contributed by atoms with Crippen molar-refractivity contribution in [2.24, 2.45) is 0 Å². The van der Waals surface area contributed by atoms with Crippen molar-refractivity contribution < 1.29 is 22.6 Å². The third kappa shape index (κ3) is 4.17. The minimum Gasteiger partial charge on any atom is -0.493 e. The van der Waals surface area contributed by atoms with Crippen LogP contribution >= 0.6 is 0 Å². The molecule has 0 fully saturated rings. The zero-order chi connectivity index (χ0) is 18.6. The van der Waals surface area contributed by atoms with Gasteiger partial charge >= 0.3 is 0 Å². The van der Waals surface area contributed by atoms with Crippen molar-refractivity contribution in [3.63, 3.8) is 0 Å². The molecule has 0 heterocycles. The molecule has 25 heavy (non-hydrogen) atoms. The first-order valence-electron chi connectivity index (χ1n) is 7.77. The molecule has 0 amide bonds. The molecule has 0 bridgehead atoms. The second kappa shape index (κ2) is 7.65. The van der Waals surface area contributed by atoms with Gasteiger partial charge in [-0.3, -0.25) is 4.31 Å². The summed E-state index contributed by atoms with van der Waals surface area (Å²) in [6, 6.07) is 11.3. The van der Waals surface area contributed by atoms with Gasteiger partial charge in [0.05, 0.1) is 30.9 Å². The zero-order valence-electron chi connectivity index (χ0n) is 15.0. The van der Waals surface area contributed by atoms with Gasteiger partial charge in [-0.2, -0.15) is 0 Å². The standard InChI is InChI=1S/C18H23NO5S/c1-13(2)24-15-7-9-16(10-8-15)25(20,21)19(3)14-6-11-17(22-4)18(12-14)23-5/h6-13H,1-5H3. The zero-order valence-corrected chi connectivity index (χ0v) is 15.8. The molecule has 6 nitrogen and oxygen atoms in total. The van der Waals surface area contributed by atoms with Gasteiger partial charge in [-0.05, 0) is 50.2 Å². The number of benzene rings is 2. The fourth-order valence-corrected chi connectivity index (χ4v) is 3.47. The van der Waals surface area contributed by atoms with Gasteiger partial charge in [0, 0.05) is 13.1 Å². The molecule has 0 N–H and O–H groups in total. The minimum absolute atomic E-state index is 0.0249. The molecule has 2 aromatic carbocycles. The number of nitrogens with zero attached hydrogens (tertiary/aromatic N) is 1. The van der Waals surface area contributed by atoms with Gasteiger partial charge in [-0.15, -0.1) is 0 Å². The molecule has 0 unspecified atom stereocenters. The summed E-state index contributed by atoms with van der Waals surface area (Å²) in [6.45, 7) is 3.82. The Balaban J connectivity index is 2.32. The number of hydrogen-bond acceptors (Lipinski definition) is 5. The van der Waals surface area contributed by atoms with Crippen molar-refractivity contribution in [2.45, 2.75) is 24.8 Å². The van der Waals surface area contributed by atoms with E-state index in [1.165, 1.54) is 37.7 Å². The first kappa shape index (κ1) is 18.9. The number of methoxy groups -OCH3 is 2. The van der Waals surface area contributed by atoms with E-state index in [2.05, 4.69) is 0 Å². The Labute approximate surface area is 149 Å². The van der Waals surface area contributed by atoms with Crippen LogP contribution in [-0.2, 0) is 10.0 Å². The van der Waals surface area contributed by atoms with Gasteiger partial charge in [-0.25, -0.2) is 8.42 Å². The van der Waals surface area contributed by atoms with Crippen LogP contribution in [0.3, 0.4) is 0 Å². The lowest BCUT2D eigenvalue weighted by atomic mass is 10.3.